The molecule has 0 bridgehead atoms. The van der Waals surface area contributed by atoms with Crippen molar-refractivity contribution >= 4 is 27.5 Å². The van der Waals surface area contributed by atoms with Crippen LogP contribution >= 0.6 is 15.9 Å². The van der Waals surface area contributed by atoms with Crippen molar-refractivity contribution < 1.29 is 18.0 Å². The lowest BCUT2D eigenvalue weighted by atomic mass is 9.97. The van der Waals surface area contributed by atoms with Gasteiger partial charge >= 0.3 is 6.18 Å². The van der Waals surface area contributed by atoms with Gasteiger partial charge in [-0.2, -0.15) is 18.3 Å². The number of carbonyl (C=O) groups is 1. The molecule has 6 aromatic rings. The zero-order valence-corrected chi connectivity index (χ0v) is 25.7. The molecular formula is C32H24BrF3N8O2. The Kier molecular flexibility index (Phi) is 7.31. The third-order valence-corrected chi connectivity index (χ3v) is 8.90. The molecule has 0 spiro atoms. The van der Waals surface area contributed by atoms with Gasteiger partial charge in [-0.3, -0.25) is 14.2 Å². The minimum atomic E-state index is -4.64. The van der Waals surface area contributed by atoms with Gasteiger partial charge in [-0.05, 0) is 71.8 Å². The van der Waals surface area contributed by atoms with Gasteiger partial charge < -0.3 is 4.90 Å². The van der Waals surface area contributed by atoms with E-state index in [1.165, 1.54) is 17.0 Å². The molecule has 10 nitrogen and oxygen atoms in total. The number of carbonyl (C=O) groups excluding carboxylic acids is 1. The fourth-order valence-electron chi connectivity index (χ4n) is 5.93. The molecule has 0 saturated heterocycles. The number of aromatic amines is 1. The van der Waals surface area contributed by atoms with E-state index in [9.17, 15) is 22.8 Å². The summed E-state index contributed by atoms with van der Waals surface area (Å²) in [6.07, 6.45) is -2.25. The number of benzene rings is 3. The van der Waals surface area contributed by atoms with Crippen LogP contribution in [-0.4, -0.2) is 51.7 Å². The monoisotopic (exact) mass is 688 g/mol. The Labute approximate surface area is 267 Å². The van der Waals surface area contributed by atoms with Gasteiger partial charge in [-0.1, -0.05) is 46.3 Å². The number of tetrazole rings is 1. The van der Waals surface area contributed by atoms with E-state index in [2.05, 4.69) is 36.6 Å². The summed E-state index contributed by atoms with van der Waals surface area (Å²) in [5.41, 5.74) is 3.38. The standard InChI is InChI=1S/C32H24BrF3N8O2/c1-18-13-24-27(17-42(18)30(45)21-9-12-26(33)25(15-21)32(34,35)36)44-29(22(16-37-44)14-19-5-3-2-4-6-19)43(31(24)46)23-10-7-20(8-11-23)28-38-40-41-39-28/h2-12,15-16,18H,13-14,17H2,1H3,(H,38,39,40,41)/t18-/m1/s1. The number of hydrogen-bond acceptors (Lipinski definition) is 6. The number of hydrogen-bond donors (Lipinski definition) is 1. The molecule has 0 fully saturated rings. The van der Waals surface area contributed by atoms with Crippen LogP contribution in [0.25, 0.3) is 22.7 Å². The Hall–Kier alpha value is -5.11. The average Bonchev–Trinajstić information content (AvgIpc) is 3.73. The number of nitrogens with one attached hydrogen (secondary N) is 1. The molecular weight excluding hydrogens is 665 g/mol. The normalized spacial score (nSPS) is 14.9. The van der Waals surface area contributed by atoms with Crippen molar-refractivity contribution in [3.63, 3.8) is 0 Å². The lowest BCUT2D eigenvalue weighted by molar-refractivity contribution is -0.138. The highest BCUT2D eigenvalue weighted by Crippen LogP contribution is 2.36. The molecule has 0 saturated carbocycles. The largest absolute Gasteiger partial charge is 0.417 e. The van der Waals surface area contributed by atoms with Crippen molar-refractivity contribution in [2.75, 3.05) is 0 Å². The van der Waals surface area contributed by atoms with Crippen LogP contribution in [0.15, 0.2) is 88.3 Å². The third kappa shape index (κ3) is 5.17. The first-order chi connectivity index (χ1) is 22.1. The molecule has 3 aromatic carbocycles. The minimum absolute atomic E-state index is 0.0107. The topological polar surface area (TPSA) is 114 Å². The summed E-state index contributed by atoms with van der Waals surface area (Å²) in [4.78, 5) is 29.6. The number of nitrogens with zero attached hydrogens (tertiary/aromatic N) is 7. The zero-order chi connectivity index (χ0) is 32.2. The third-order valence-electron chi connectivity index (χ3n) is 8.21. The van der Waals surface area contributed by atoms with Crippen LogP contribution in [0.1, 0.15) is 45.2 Å². The van der Waals surface area contributed by atoms with E-state index in [0.29, 0.717) is 34.8 Å². The fourth-order valence-corrected chi connectivity index (χ4v) is 6.40. The van der Waals surface area contributed by atoms with Gasteiger partial charge in [0.1, 0.15) is 5.65 Å². The highest BCUT2D eigenvalue weighted by atomic mass is 79.9. The first-order valence-corrected chi connectivity index (χ1v) is 15.1. The van der Waals surface area contributed by atoms with Crippen LogP contribution in [0.5, 0.6) is 0 Å². The molecule has 0 radical (unpaired) electrons. The van der Waals surface area contributed by atoms with Gasteiger partial charge in [0.2, 0.25) is 0 Å². The van der Waals surface area contributed by atoms with Gasteiger partial charge in [-0.25, -0.2) is 9.61 Å². The lowest BCUT2D eigenvalue weighted by Gasteiger charge is -2.35. The van der Waals surface area contributed by atoms with Crippen molar-refractivity contribution in [2.45, 2.75) is 38.5 Å². The van der Waals surface area contributed by atoms with Crippen LogP contribution in [0.3, 0.4) is 0 Å². The van der Waals surface area contributed by atoms with E-state index in [0.717, 1.165) is 22.8 Å². The maximum atomic E-state index is 14.4. The second kappa shape index (κ2) is 11.4. The molecule has 7 rings (SSSR count). The highest BCUT2D eigenvalue weighted by molar-refractivity contribution is 9.10. The second-order valence-corrected chi connectivity index (χ2v) is 12.0. The Morgan fingerprint density at radius 1 is 1.07 bits per heavy atom. The zero-order valence-electron chi connectivity index (χ0n) is 24.2. The predicted octanol–water partition coefficient (Wildman–Crippen LogP) is 5.62. The van der Waals surface area contributed by atoms with Crippen molar-refractivity contribution in [3.05, 3.63) is 127 Å². The van der Waals surface area contributed by atoms with Gasteiger partial charge in [0.25, 0.3) is 11.5 Å². The summed E-state index contributed by atoms with van der Waals surface area (Å²) < 4.78 is 44.1. The molecule has 0 unspecified atom stereocenters. The van der Waals surface area contributed by atoms with Crippen molar-refractivity contribution in [3.8, 4) is 17.1 Å². The molecule has 4 heterocycles. The van der Waals surface area contributed by atoms with E-state index in [1.54, 1.807) is 34.3 Å². The predicted molar refractivity (Wildman–Crippen MR) is 165 cm³/mol. The van der Waals surface area contributed by atoms with Crippen molar-refractivity contribution in [2.24, 2.45) is 0 Å². The van der Waals surface area contributed by atoms with Crippen LogP contribution in [0.2, 0.25) is 0 Å². The van der Waals surface area contributed by atoms with Crippen LogP contribution in [0.4, 0.5) is 13.2 Å². The molecule has 46 heavy (non-hydrogen) atoms. The summed E-state index contributed by atoms with van der Waals surface area (Å²) >= 11 is 2.94. The van der Waals surface area contributed by atoms with Crippen LogP contribution in [-0.2, 0) is 25.6 Å². The number of amides is 1. The maximum Gasteiger partial charge on any atom is 0.417 e. The molecule has 14 heteroatoms. The molecule has 1 aliphatic heterocycles. The number of H-pyrrole nitrogens is 1. The van der Waals surface area contributed by atoms with E-state index in [4.69, 9.17) is 5.10 Å². The van der Waals surface area contributed by atoms with E-state index >= 15 is 0 Å². The average molecular weight is 689 g/mol. The molecule has 232 valence electrons. The minimum Gasteiger partial charge on any atom is -0.330 e. The van der Waals surface area contributed by atoms with Gasteiger partial charge in [0.05, 0.1) is 29.7 Å². The lowest BCUT2D eigenvalue weighted by Crippen LogP contribution is -2.46. The Morgan fingerprint density at radius 2 is 1.83 bits per heavy atom. The van der Waals surface area contributed by atoms with E-state index in [1.807, 2.05) is 42.5 Å². The Bertz CT molecular complexity index is 2140. The SMILES string of the molecule is C[C@@H]1Cc2c(n3ncc(Cc4ccccc4)c3n(-c3ccc(-c4nnn[nH]4)cc3)c2=O)CN1C(=O)c1ccc(Br)c(C(F)(F)F)c1. The summed E-state index contributed by atoms with van der Waals surface area (Å²) in [6, 6.07) is 20.0. The molecule has 1 N–H and O–H groups in total. The van der Waals surface area contributed by atoms with Crippen molar-refractivity contribution in [1.82, 2.24) is 39.7 Å². The number of aromatic nitrogens is 7. The van der Waals surface area contributed by atoms with Crippen LogP contribution in [0, 0.1) is 0 Å². The van der Waals surface area contributed by atoms with E-state index in [-0.39, 0.29) is 28.6 Å². The Balaban J connectivity index is 1.35. The van der Waals surface area contributed by atoms with E-state index < -0.39 is 23.7 Å². The smallest absolute Gasteiger partial charge is 0.330 e. The Morgan fingerprint density at radius 3 is 2.52 bits per heavy atom. The first-order valence-electron chi connectivity index (χ1n) is 14.3. The summed E-state index contributed by atoms with van der Waals surface area (Å²) in [5.74, 6) is -0.0852. The number of alkyl halides is 3. The second-order valence-electron chi connectivity index (χ2n) is 11.1. The van der Waals surface area contributed by atoms with Crippen molar-refractivity contribution in [1.29, 1.82) is 0 Å². The number of rotatable bonds is 5. The van der Waals surface area contributed by atoms with Gasteiger partial charge in [-0.15, -0.1) is 5.10 Å². The van der Waals surface area contributed by atoms with Crippen LogP contribution < -0.4 is 5.56 Å². The molecule has 1 aliphatic rings. The van der Waals surface area contributed by atoms with Gasteiger partial charge in [0.15, 0.2) is 5.82 Å². The molecule has 1 atom stereocenters. The highest BCUT2D eigenvalue weighted by Gasteiger charge is 2.36. The summed E-state index contributed by atoms with van der Waals surface area (Å²) in [6.45, 7) is 1.77. The number of fused-ring (bicyclic) bond motifs is 3. The van der Waals surface area contributed by atoms with Gasteiger partial charge in [0, 0.05) is 39.2 Å². The molecule has 0 aliphatic carbocycles. The molecule has 1 amide bonds. The first kappa shape index (κ1) is 29.6. The quantitative estimate of drug-likeness (QED) is 0.251. The summed E-state index contributed by atoms with van der Waals surface area (Å²) in [7, 11) is 0. The summed E-state index contributed by atoms with van der Waals surface area (Å²) in [5, 5.41) is 18.6. The fraction of sp³-hybridized carbons (Fsp3) is 0.188. The molecule has 3 aromatic heterocycles. The maximum absolute atomic E-state index is 14.4. The number of halogens is 4.